The average molecular weight is 552 g/mol. The molecular formula is C28H24BrClN2O3. The second kappa shape index (κ2) is 11.4. The van der Waals surface area contributed by atoms with Crippen molar-refractivity contribution in [1.29, 1.82) is 0 Å². The number of benzene rings is 4. The molecule has 0 spiro atoms. The molecule has 0 bridgehead atoms. The van der Waals surface area contributed by atoms with Crippen LogP contribution in [0.4, 0.5) is 5.69 Å². The lowest BCUT2D eigenvalue weighted by Crippen LogP contribution is -2.43. The molecule has 35 heavy (non-hydrogen) atoms. The zero-order chi connectivity index (χ0) is 24.8. The Hall–Kier alpha value is -3.35. The van der Waals surface area contributed by atoms with Crippen molar-refractivity contribution in [2.45, 2.75) is 19.0 Å². The molecule has 4 aromatic rings. The van der Waals surface area contributed by atoms with Gasteiger partial charge in [-0.25, -0.2) is 4.79 Å². The Morgan fingerprint density at radius 2 is 1.63 bits per heavy atom. The number of anilines is 1. The first-order chi connectivity index (χ1) is 16.9. The smallest absolute Gasteiger partial charge is 0.328 e. The van der Waals surface area contributed by atoms with E-state index in [-0.39, 0.29) is 0 Å². The molecule has 0 aliphatic heterocycles. The molecule has 1 unspecified atom stereocenters. The van der Waals surface area contributed by atoms with E-state index in [2.05, 4.69) is 56.9 Å². The van der Waals surface area contributed by atoms with Crippen molar-refractivity contribution in [2.75, 3.05) is 12.4 Å². The second-order valence-electron chi connectivity index (χ2n) is 8.10. The van der Waals surface area contributed by atoms with Gasteiger partial charge in [-0.15, -0.1) is 0 Å². The van der Waals surface area contributed by atoms with E-state index in [1.54, 1.807) is 18.2 Å². The molecule has 0 heterocycles. The van der Waals surface area contributed by atoms with E-state index in [1.165, 1.54) is 12.5 Å². The Morgan fingerprint density at radius 3 is 2.37 bits per heavy atom. The summed E-state index contributed by atoms with van der Waals surface area (Å²) in [5.41, 5.74) is 2.94. The van der Waals surface area contributed by atoms with Crippen molar-refractivity contribution >= 4 is 55.9 Å². The van der Waals surface area contributed by atoms with Crippen LogP contribution in [0.1, 0.15) is 21.5 Å². The summed E-state index contributed by atoms with van der Waals surface area (Å²) in [7, 11) is 1.30. The van der Waals surface area contributed by atoms with E-state index in [0.29, 0.717) is 29.2 Å². The summed E-state index contributed by atoms with van der Waals surface area (Å²) in [6.45, 7) is 0.520. The summed E-state index contributed by atoms with van der Waals surface area (Å²) in [5, 5.41) is 8.89. The largest absolute Gasteiger partial charge is 0.467 e. The van der Waals surface area contributed by atoms with Crippen molar-refractivity contribution in [3.05, 3.63) is 111 Å². The zero-order valence-corrected chi connectivity index (χ0v) is 21.4. The molecule has 4 aromatic carbocycles. The van der Waals surface area contributed by atoms with Crippen LogP contribution >= 0.6 is 27.5 Å². The molecule has 1 amide bonds. The summed E-state index contributed by atoms with van der Waals surface area (Å²) in [4.78, 5) is 25.7. The standard InChI is InChI=1S/C28H24BrClN2O3/c1-35-28(34)26(15-18-7-10-22(29)11-8-18)32-27(33)24-16-23(30)12-13-25(24)31-17-19-6-9-20-4-2-3-5-21(20)14-19/h2-14,16,26,31H,15,17H2,1H3,(H,32,33). The maximum Gasteiger partial charge on any atom is 0.328 e. The molecule has 7 heteroatoms. The Bertz CT molecular complexity index is 1360. The lowest BCUT2D eigenvalue weighted by molar-refractivity contribution is -0.142. The molecule has 0 aliphatic carbocycles. The van der Waals surface area contributed by atoms with Crippen molar-refractivity contribution in [3.8, 4) is 0 Å². The number of nitrogens with one attached hydrogen (secondary N) is 2. The highest BCUT2D eigenvalue weighted by Gasteiger charge is 2.24. The van der Waals surface area contributed by atoms with Gasteiger partial charge in [0.1, 0.15) is 6.04 Å². The molecule has 4 rings (SSSR count). The van der Waals surface area contributed by atoms with E-state index in [0.717, 1.165) is 21.0 Å². The van der Waals surface area contributed by atoms with Crippen LogP contribution in [0.3, 0.4) is 0 Å². The molecule has 0 aliphatic rings. The maximum absolute atomic E-state index is 13.3. The SMILES string of the molecule is COC(=O)C(Cc1ccc(Br)cc1)NC(=O)c1cc(Cl)ccc1NCc1ccc2ccccc2c1. The normalized spacial score (nSPS) is 11.6. The zero-order valence-electron chi connectivity index (χ0n) is 19.1. The van der Waals surface area contributed by atoms with Gasteiger partial charge in [-0.3, -0.25) is 4.79 Å². The number of esters is 1. The van der Waals surface area contributed by atoms with Crippen molar-refractivity contribution in [3.63, 3.8) is 0 Å². The van der Waals surface area contributed by atoms with Gasteiger partial charge in [0, 0.05) is 28.1 Å². The van der Waals surface area contributed by atoms with Crippen molar-refractivity contribution in [2.24, 2.45) is 0 Å². The summed E-state index contributed by atoms with van der Waals surface area (Å²) in [5.74, 6) is -0.935. The third-order valence-electron chi connectivity index (χ3n) is 5.67. The highest BCUT2D eigenvalue weighted by atomic mass is 79.9. The third kappa shape index (κ3) is 6.41. The predicted octanol–water partition coefficient (Wildman–Crippen LogP) is 6.38. The molecule has 0 saturated heterocycles. The van der Waals surface area contributed by atoms with Gasteiger partial charge in [0.25, 0.3) is 5.91 Å². The number of hydrogen-bond acceptors (Lipinski definition) is 4. The molecule has 0 saturated carbocycles. The first kappa shape index (κ1) is 24.8. The lowest BCUT2D eigenvalue weighted by Gasteiger charge is -2.19. The minimum atomic E-state index is -0.846. The Kier molecular flexibility index (Phi) is 8.06. The lowest BCUT2D eigenvalue weighted by atomic mass is 10.0. The molecule has 2 N–H and O–H groups in total. The first-order valence-electron chi connectivity index (χ1n) is 11.1. The quantitative estimate of drug-likeness (QED) is 0.249. The number of carbonyl (C=O) groups excluding carboxylic acids is 2. The fourth-order valence-corrected chi connectivity index (χ4v) is 4.27. The average Bonchev–Trinajstić information content (AvgIpc) is 2.88. The van der Waals surface area contributed by atoms with E-state index < -0.39 is 17.9 Å². The highest BCUT2D eigenvalue weighted by Crippen LogP contribution is 2.23. The van der Waals surface area contributed by atoms with Crippen LogP contribution in [0, 0.1) is 0 Å². The van der Waals surface area contributed by atoms with Gasteiger partial charge in [-0.2, -0.15) is 0 Å². The predicted molar refractivity (Wildman–Crippen MR) is 144 cm³/mol. The van der Waals surface area contributed by atoms with Crippen LogP contribution in [-0.2, 0) is 22.5 Å². The van der Waals surface area contributed by atoms with Gasteiger partial charge in [-0.1, -0.05) is 76.1 Å². The minimum Gasteiger partial charge on any atom is -0.467 e. The Balaban J connectivity index is 1.52. The van der Waals surface area contributed by atoms with Crippen molar-refractivity contribution in [1.82, 2.24) is 5.32 Å². The van der Waals surface area contributed by atoms with Crippen molar-refractivity contribution < 1.29 is 14.3 Å². The number of methoxy groups -OCH3 is 1. The molecule has 0 aromatic heterocycles. The van der Waals surface area contributed by atoms with E-state index in [9.17, 15) is 9.59 Å². The first-order valence-corrected chi connectivity index (χ1v) is 12.2. The third-order valence-corrected chi connectivity index (χ3v) is 6.43. The van der Waals surface area contributed by atoms with Crippen LogP contribution in [0.2, 0.25) is 5.02 Å². The fraction of sp³-hybridized carbons (Fsp3) is 0.143. The summed E-state index contributed by atoms with van der Waals surface area (Å²) >= 11 is 9.61. The highest BCUT2D eigenvalue weighted by molar-refractivity contribution is 9.10. The summed E-state index contributed by atoms with van der Waals surface area (Å²) < 4.78 is 5.87. The van der Waals surface area contributed by atoms with E-state index in [1.807, 2.05) is 36.4 Å². The van der Waals surface area contributed by atoms with Gasteiger partial charge in [0.15, 0.2) is 0 Å². The van der Waals surface area contributed by atoms with Gasteiger partial charge < -0.3 is 15.4 Å². The number of hydrogen-bond donors (Lipinski definition) is 2. The number of amides is 1. The van der Waals surface area contributed by atoms with Crippen LogP contribution < -0.4 is 10.6 Å². The topological polar surface area (TPSA) is 67.4 Å². The van der Waals surface area contributed by atoms with E-state index in [4.69, 9.17) is 16.3 Å². The van der Waals surface area contributed by atoms with Crippen LogP contribution in [0.5, 0.6) is 0 Å². The number of carbonyl (C=O) groups is 2. The van der Waals surface area contributed by atoms with Gasteiger partial charge in [-0.05, 0) is 58.3 Å². The molecular weight excluding hydrogens is 528 g/mol. The van der Waals surface area contributed by atoms with Crippen LogP contribution in [-0.4, -0.2) is 25.0 Å². The van der Waals surface area contributed by atoms with Gasteiger partial charge in [0.05, 0.1) is 12.7 Å². The van der Waals surface area contributed by atoms with Crippen LogP contribution in [0.25, 0.3) is 10.8 Å². The van der Waals surface area contributed by atoms with Gasteiger partial charge >= 0.3 is 5.97 Å². The Morgan fingerprint density at radius 1 is 0.914 bits per heavy atom. The summed E-state index contributed by atoms with van der Waals surface area (Å²) in [6, 6.07) is 26.2. The number of halogens is 2. The molecule has 0 radical (unpaired) electrons. The molecule has 178 valence electrons. The van der Waals surface area contributed by atoms with Gasteiger partial charge in [0.2, 0.25) is 0 Å². The number of fused-ring (bicyclic) bond motifs is 1. The Labute approximate surface area is 217 Å². The minimum absolute atomic E-state index is 0.298. The fourth-order valence-electron chi connectivity index (χ4n) is 3.83. The number of rotatable bonds is 8. The number of ether oxygens (including phenoxy) is 1. The molecule has 5 nitrogen and oxygen atoms in total. The van der Waals surface area contributed by atoms with Crippen LogP contribution in [0.15, 0.2) is 89.4 Å². The summed E-state index contributed by atoms with van der Waals surface area (Å²) in [6.07, 6.45) is 0.298. The van der Waals surface area contributed by atoms with E-state index >= 15 is 0 Å². The maximum atomic E-state index is 13.3. The second-order valence-corrected chi connectivity index (χ2v) is 9.46. The molecule has 1 atom stereocenters. The monoisotopic (exact) mass is 550 g/mol. The molecule has 0 fully saturated rings.